The third kappa shape index (κ3) is 3.39. The molecular weight excluding hydrogens is 305 g/mol. The molecule has 0 amide bonds. The van der Waals surface area contributed by atoms with Gasteiger partial charge >= 0.3 is 0 Å². The molecule has 0 saturated carbocycles. The van der Waals surface area contributed by atoms with Crippen molar-refractivity contribution in [3.05, 3.63) is 58.9 Å². The average molecular weight is 329 g/mol. The number of fused-ring (bicyclic) bond motifs is 1. The van der Waals surface area contributed by atoms with Gasteiger partial charge in [0.2, 0.25) is 0 Å². The summed E-state index contributed by atoms with van der Waals surface area (Å²) in [6, 6.07) is 11.3. The van der Waals surface area contributed by atoms with Gasteiger partial charge < -0.3 is 9.47 Å². The molecule has 0 fully saturated rings. The molecule has 0 bridgehead atoms. The quantitative estimate of drug-likeness (QED) is 0.827. The maximum Gasteiger partial charge on any atom is 0.161 e. The Bertz CT molecular complexity index is 700. The van der Waals surface area contributed by atoms with E-state index in [0.717, 1.165) is 42.9 Å². The lowest BCUT2D eigenvalue weighted by Gasteiger charge is -2.35. The fraction of sp³-hybridized carbons (Fsp3) is 0.400. The maximum absolute atomic E-state index is 13.1. The molecule has 1 atom stereocenters. The van der Waals surface area contributed by atoms with Crippen molar-refractivity contribution in [3.63, 3.8) is 0 Å². The summed E-state index contributed by atoms with van der Waals surface area (Å²) in [6.45, 7) is 1.02. The van der Waals surface area contributed by atoms with E-state index in [9.17, 15) is 4.39 Å². The van der Waals surface area contributed by atoms with E-state index in [1.807, 2.05) is 12.1 Å². The Morgan fingerprint density at radius 1 is 1.08 bits per heavy atom. The van der Waals surface area contributed by atoms with Gasteiger partial charge in [0.05, 0.1) is 14.2 Å². The SMILES string of the molecule is COc1cc2c(cc1OC)C(CCc1ccc(F)cc1)N(C)CC2. The van der Waals surface area contributed by atoms with Gasteiger partial charge in [0.15, 0.2) is 11.5 Å². The van der Waals surface area contributed by atoms with Crippen molar-refractivity contribution in [2.75, 3.05) is 27.8 Å². The summed E-state index contributed by atoms with van der Waals surface area (Å²) in [5.41, 5.74) is 3.80. The molecule has 2 aromatic rings. The Morgan fingerprint density at radius 3 is 2.42 bits per heavy atom. The molecule has 1 unspecified atom stereocenters. The number of hydrogen-bond acceptors (Lipinski definition) is 3. The second-order valence-electron chi connectivity index (χ2n) is 6.32. The number of methoxy groups -OCH3 is 2. The van der Waals surface area contributed by atoms with Crippen LogP contribution in [0.4, 0.5) is 4.39 Å². The minimum Gasteiger partial charge on any atom is -0.493 e. The van der Waals surface area contributed by atoms with E-state index in [2.05, 4.69) is 24.1 Å². The average Bonchev–Trinajstić information content (AvgIpc) is 2.61. The molecular formula is C20H24FNO2. The third-order valence-corrected chi connectivity index (χ3v) is 4.89. The Labute approximate surface area is 143 Å². The highest BCUT2D eigenvalue weighted by Crippen LogP contribution is 2.39. The molecule has 128 valence electrons. The molecule has 0 saturated heterocycles. The van der Waals surface area contributed by atoms with Gasteiger partial charge in [-0.25, -0.2) is 4.39 Å². The van der Waals surface area contributed by atoms with Crippen LogP contribution in [0.3, 0.4) is 0 Å². The molecule has 4 heteroatoms. The first kappa shape index (κ1) is 16.8. The Morgan fingerprint density at radius 2 is 1.75 bits per heavy atom. The zero-order valence-electron chi connectivity index (χ0n) is 14.5. The van der Waals surface area contributed by atoms with Crippen LogP contribution in [0.5, 0.6) is 11.5 Å². The van der Waals surface area contributed by atoms with Crippen molar-refractivity contribution in [1.29, 1.82) is 0 Å². The number of halogens is 1. The minimum absolute atomic E-state index is 0.185. The molecule has 0 radical (unpaired) electrons. The summed E-state index contributed by atoms with van der Waals surface area (Å²) in [5, 5.41) is 0. The second kappa shape index (κ2) is 7.22. The van der Waals surface area contributed by atoms with Gasteiger partial charge in [0, 0.05) is 12.6 Å². The Hall–Kier alpha value is -2.07. The summed E-state index contributed by atoms with van der Waals surface area (Å²) in [5.74, 6) is 1.38. The van der Waals surface area contributed by atoms with E-state index in [1.165, 1.54) is 23.3 Å². The number of hydrogen-bond donors (Lipinski definition) is 0. The number of nitrogens with zero attached hydrogens (tertiary/aromatic N) is 1. The standard InChI is InChI=1S/C20H24FNO2/c1-22-11-10-15-12-19(23-2)20(24-3)13-17(15)18(22)9-6-14-4-7-16(21)8-5-14/h4-5,7-8,12-13,18H,6,9-11H2,1-3H3. The molecule has 0 aliphatic carbocycles. The van der Waals surface area contributed by atoms with Crippen LogP contribution in [0.2, 0.25) is 0 Å². The molecule has 3 nitrogen and oxygen atoms in total. The lowest BCUT2D eigenvalue weighted by molar-refractivity contribution is 0.218. The van der Waals surface area contributed by atoms with Crippen molar-refractivity contribution in [1.82, 2.24) is 4.90 Å². The predicted octanol–water partition coefficient (Wildman–Crippen LogP) is 4.00. The van der Waals surface area contributed by atoms with Gasteiger partial charge in [0.25, 0.3) is 0 Å². The fourth-order valence-corrected chi connectivity index (χ4v) is 3.48. The summed E-state index contributed by atoms with van der Waals surface area (Å²) in [6.07, 6.45) is 2.92. The van der Waals surface area contributed by atoms with Crippen LogP contribution >= 0.6 is 0 Å². The van der Waals surface area contributed by atoms with E-state index >= 15 is 0 Å². The molecule has 0 spiro atoms. The monoisotopic (exact) mass is 329 g/mol. The first-order valence-electron chi connectivity index (χ1n) is 8.32. The smallest absolute Gasteiger partial charge is 0.161 e. The highest BCUT2D eigenvalue weighted by Gasteiger charge is 2.26. The van der Waals surface area contributed by atoms with Crippen molar-refractivity contribution < 1.29 is 13.9 Å². The maximum atomic E-state index is 13.1. The van der Waals surface area contributed by atoms with Gasteiger partial charge in [-0.1, -0.05) is 12.1 Å². The minimum atomic E-state index is -0.185. The largest absolute Gasteiger partial charge is 0.493 e. The molecule has 2 aromatic carbocycles. The molecule has 1 aliphatic heterocycles. The van der Waals surface area contributed by atoms with Crippen LogP contribution in [-0.2, 0) is 12.8 Å². The van der Waals surface area contributed by atoms with Gasteiger partial charge in [0.1, 0.15) is 5.82 Å². The van der Waals surface area contributed by atoms with E-state index < -0.39 is 0 Å². The summed E-state index contributed by atoms with van der Waals surface area (Å²) in [7, 11) is 5.50. The van der Waals surface area contributed by atoms with Crippen LogP contribution < -0.4 is 9.47 Å². The first-order valence-corrected chi connectivity index (χ1v) is 8.32. The summed E-state index contributed by atoms with van der Waals surface area (Å²) < 4.78 is 24.0. The van der Waals surface area contributed by atoms with Gasteiger partial charge in [-0.05, 0) is 67.3 Å². The van der Waals surface area contributed by atoms with Crippen molar-refractivity contribution >= 4 is 0 Å². The fourth-order valence-electron chi connectivity index (χ4n) is 3.48. The molecule has 0 N–H and O–H groups in total. The molecule has 24 heavy (non-hydrogen) atoms. The molecule has 0 aromatic heterocycles. The van der Waals surface area contributed by atoms with Crippen molar-refractivity contribution in [2.24, 2.45) is 0 Å². The summed E-state index contributed by atoms with van der Waals surface area (Å²) in [4.78, 5) is 2.39. The number of likely N-dealkylation sites (N-methyl/N-ethyl adjacent to an activating group) is 1. The second-order valence-corrected chi connectivity index (χ2v) is 6.32. The van der Waals surface area contributed by atoms with Crippen LogP contribution in [0.15, 0.2) is 36.4 Å². The Balaban J connectivity index is 1.84. The molecule has 3 rings (SSSR count). The zero-order valence-corrected chi connectivity index (χ0v) is 14.5. The molecule has 1 aliphatic rings. The van der Waals surface area contributed by atoms with Crippen LogP contribution in [-0.4, -0.2) is 32.7 Å². The topological polar surface area (TPSA) is 21.7 Å². The van der Waals surface area contributed by atoms with Crippen LogP contribution in [0.25, 0.3) is 0 Å². The highest BCUT2D eigenvalue weighted by atomic mass is 19.1. The van der Waals surface area contributed by atoms with E-state index in [4.69, 9.17) is 9.47 Å². The normalized spacial score (nSPS) is 17.4. The van der Waals surface area contributed by atoms with Gasteiger partial charge in [-0.15, -0.1) is 0 Å². The zero-order chi connectivity index (χ0) is 17.1. The lowest BCUT2D eigenvalue weighted by Crippen LogP contribution is -2.32. The summed E-state index contributed by atoms with van der Waals surface area (Å²) >= 11 is 0. The van der Waals surface area contributed by atoms with Gasteiger partial charge in [-0.3, -0.25) is 4.90 Å². The van der Waals surface area contributed by atoms with Gasteiger partial charge in [-0.2, -0.15) is 0 Å². The predicted molar refractivity (Wildman–Crippen MR) is 93.3 cm³/mol. The first-order chi connectivity index (χ1) is 11.6. The lowest BCUT2D eigenvalue weighted by atomic mass is 9.89. The van der Waals surface area contributed by atoms with Crippen LogP contribution in [0, 0.1) is 5.82 Å². The highest BCUT2D eigenvalue weighted by molar-refractivity contribution is 5.49. The Kier molecular flexibility index (Phi) is 5.05. The molecule has 1 heterocycles. The van der Waals surface area contributed by atoms with Crippen molar-refractivity contribution in [2.45, 2.75) is 25.3 Å². The van der Waals surface area contributed by atoms with Crippen LogP contribution in [0.1, 0.15) is 29.2 Å². The number of benzene rings is 2. The number of rotatable bonds is 5. The van der Waals surface area contributed by atoms with E-state index in [1.54, 1.807) is 14.2 Å². The van der Waals surface area contributed by atoms with Crippen molar-refractivity contribution in [3.8, 4) is 11.5 Å². The number of aryl methyl sites for hydroxylation is 1. The third-order valence-electron chi connectivity index (χ3n) is 4.89. The van der Waals surface area contributed by atoms with E-state index in [0.29, 0.717) is 6.04 Å². The van der Waals surface area contributed by atoms with E-state index in [-0.39, 0.29) is 5.82 Å². The number of ether oxygens (including phenoxy) is 2.